The van der Waals surface area contributed by atoms with Gasteiger partial charge in [0.25, 0.3) is 0 Å². The molecule has 0 saturated carbocycles. The number of nitrogens with two attached hydrogens (primary N) is 1. The van der Waals surface area contributed by atoms with Crippen molar-refractivity contribution in [3.63, 3.8) is 0 Å². The minimum absolute atomic E-state index is 0.00164. The van der Waals surface area contributed by atoms with Gasteiger partial charge in [-0.15, -0.1) is 0 Å². The number of carbonyl (C=O) groups excluding carboxylic acids is 1. The molecule has 7 heteroatoms. The Morgan fingerprint density at radius 2 is 1.81 bits per heavy atom. The molecule has 2 aromatic carbocycles. The second-order valence-electron chi connectivity index (χ2n) is 4.25. The Labute approximate surface area is 122 Å². The van der Waals surface area contributed by atoms with Crippen molar-refractivity contribution in [1.82, 2.24) is 5.32 Å². The number of para-hydroxylation sites is 1. The molecule has 0 aliphatic rings. The van der Waals surface area contributed by atoms with E-state index in [2.05, 4.69) is 5.32 Å². The summed E-state index contributed by atoms with van der Waals surface area (Å²) >= 11 is 0. The van der Waals surface area contributed by atoms with Gasteiger partial charge in [0, 0.05) is 6.54 Å². The number of hydrogen-bond acceptors (Lipinski definition) is 4. The lowest BCUT2D eigenvalue weighted by molar-refractivity contribution is 0.200. The summed E-state index contributed by atoms with van der Waals surface area (Å²) in [7, 11) is -3.76. The van der Waals surface area contributed by atoms with Gasteiger partial charge in [0.05, 0.1) is 4.90 Å². The molecule has 2 rings (SSSR count). The van der Waals surface area contributed by atoms with E-state index in [4.69, 9.17) is 9.88 Å². The first-order valence-electron chi connectivity index (χ1n) is 6.07. The van der Waals surface area contributed by atoms with Crippen LogP contribution in [0.4, 0.5) is 4.79 Å². The van der Waals surface area contributed by atoms with Gasteiger partial charge in [-0.1, -0.05) is 30.3 Å². The molecule has 0 aromatic heterocycles. The number of sulfonamides is 1. The summed E-state index contributed by atoms with van der Waals surface area (Å²) in [6.45, 7) is 0.134. The van der Waals surface area contributed by atoms with Crippen LogP contribution in [0.5, 0.6) is 5.75 Å². The smallest absolute Gasteiger partial charge is 0.410 e. The molecular weight excluding hydrogens is 292 g/mol. The van der Waals surface area contributed by atoms with Crippen molar-refractivity contribution in [1.29, 1.82) is 0 Å². The van der Waals surface area contributed by atoms with Crippen LogP contribution in [0, 0.1) is 0 Å². The number of primary sulfonamides is 1. The second kappa shape index (κ2) is 6.38. The van der Waals surface area contributed by atoms with Crippen LogP contribution in [0.15, 0.2) is 59.5 Å². The standard InChI is InChI=1S/C14H14N2O4S/c15-21(18,19)13-8-4-5-11(9-13)10-16-14(17)20-12-6-2-1-3-7-12/h1-9H,10H2,(H,16,17)(H2,15,18,19). The molecule has 0 unspecified atom stereocenters. The molecule has 6 nitrogen and oxygen atoms in total. The third-order valence-corrected chi connectivity index (χ3v) is 3.53. The number of carbonyl (C=O) groups is 1. The Kier molecular flexibility index (Phi) is 4.56. The first-order valence-corrected chi connectivity index (χ1v) is 7.62. The highest BCUT2D eigenvalue weighted by Gasteiger charge is 2.09. The van der Waals surface area contributed by atoms with E-state index in [1.165, 1.54) is 12.1 Å². The molecule has 21 heavy (non-hydrogen) atoms. The second-order valence-corrected chi connectivity index (χ2v) is 5.81. The van der Waals surface area contributed by atoms with Crippen LogP contribution in [0.25, 0.3) is 0 Å². The van der Waals surface area contributed by atoms with Gasteiger partial charge in [-0.25, -0.2) is 18.4 Å². The number of benzene rings is 2. The normalized spacial score (nSPS) is 10.9. The van der Waals surface area contributed by atoms with Crippen LogP contribution in [0.1, 0.15) is 5.56 Å². The largest absolute Gasteiger partial charge is 0.412 e. The number of ether oxygens (including phenoxy) is 1. The van der Waals surface area contributed by atoms with Gasteiger partial charge in [0.2, 0.25) is 10.0 Å². The summed E-state index contributed by atoms with van der Waals surface area (Å²) in [5.41, 5.74) is 0.603. The fourth-order valence-electron chi connectivity index (χ4n) is 1.64. The molecule has 0 fully saturated rings. The zero-order valence-corrected chi connectivity index (χ0v) is 11.8. The third-order valence-electron chi connectivity index (χ3n) is 2.62. The minimum Gasteiger partial charge on any atom is -0.410 e. The lowest BCUT2D eigenvalue weighted by Crippen LogP contribution is -2.26. The summed E-state index contributed by atoms with van der Waals surface area (Å²) < 4.78 is 27.5. The van der Waals surface area contributed by atoms with Gasteiger partial charge in [-0.2, -0.15) is 0 Å². The van der Waals surface area contributed by atoms with Crippen molar-refractivity contribution in [3.8, 4) is 5.75 Å². The minimum atomic E-state index is -3.76. The van der Waals surface area contributed by atoms with Crippen LogP contribution >= 0.6 is 0 Å². The van der Waals surface area contributed by atoms with Crippen LogP contribution in [0.2, 0.25) is 0 Å². The lowest BCUT2D eigenvalue weighted by Gasteiger charge is -2.07. The molecule has 0 atom stereocenters. The molecule has 0 aliphatic carbocycles. The van der Waals surface area contributed by atoms with E-state index in [0.717, 1.165) is 0 Å². The average Bonchev–Trinajstić information content (AvgIpc) is 2.46. The van der Waals surface area contributed by atoms with Gasteiger partial charge < -0.3 is 10.1 Å². The van der Waals surface area contributed by atoms with Gasteiger partial charge in [-0.3, -0.25) is 0 Å². The van der Waals surface area contributed by atoms with Crippen molar-refractivity contribution >= 4 is 16.1 Å². The fourth-order valence-corrected chi connectivity index (χ4v) is 2.22. The molecule has 2 aromatic rings. The van der Waals surface area contributed by atoms with Crippen molar-refractivity contribution < 1.29 is 17.9 Å². The number of amides is 1. The molecule has 0 bridgehead atoms. The van der Waals surface area contributed by atoms with E-state index in [9.17, 15) is 13.2 Å². The number of nitrogens with one attached hydrogen (secondary N) is 1. The zero-order valence-electron chi connectivity index (χ0n) is 11.0. The summed E-state index contributed by atoms with van der Waals surface area (Å²) in [4.78, 5) is 11.6. The predicted molar refractivity (Wildman–Crippen MR) is 77.1 cm³/mol. The van der Waals surface area contributed by atoms with Crippen LogP contribution in [0.3, 0.4) is 0 Å². The predicted octanol–water partition coefficient (Wildman–Crippen LogP) is 1.62. The quantitative estimate of drug-likeness (QED) is 0.896. The maximum absolute atomic E-state index is 11.6. The summed E-state index contributed by atoms with van der Waals surface area (Å²) in [6, 6.07) is 14.6. The molecule has 0 saturated heterocycles. The van der Waals surface area contributed by atoms with E-state index in [1.54, 1.807) is 36.4 Å². The molecule has 0 radical (unpaired) electrons. The SMILES string of the molecule is NS(=O)(=O)c1cccc(CNC(=O)Oc2ccccc2)c1. The van der Waals surface area contributed by atoms with Crippen molar-refractivity contribution in [2.24, 2.45) is 5.14 Å². The fraction of sp³-hybridized carbons (Fsp3) is 0.0714. The first kappa shape index (κ1) is 15.0. The lowest BCUT2D eigenvalue weighted by atomic mass is 10.2. The van der Waals surface area contributed by atoms with Gasteiger partial charge in [-0.05, 0) is 29.8 Å². The van der Waals surface area contributed by atoms with Crippen molar-refractivity contribution in [2.45, 2.75) is 11.4 Å². The Bertz CT molecular complexity index is 730. The summed E-state index contributed by atoms with van der Waals surface area (Å²) in [5, 5.41) is 7.57. The highest BCUT2D eigenvalue weighted by Crippen LogP contribution is 2.10. The maximum atomic E-state index is 11.6. The van der Waals surface area contributed by atoms with E-state index >= 15 is 0 Å². The maximum Gasteiger partial charge on any atom is 0.412 e. The van der Waals surface area contributed by atoms with Gasteiger partial charge in [0.15, 0.2) is 0 Å². The van der Waals surface area contributed by atoms with Crippen LogP contribution in [-0.2, 0) is 16.6 Å². The van der Waals surface area contributed by atoms with E-state index in [-0.39, 0.29) is 11.4 Å². The highest BCUT2D eigenvalue weighted by molar-refractivity contribution is 7.89. The van der Waals surface area contributed by atoms with Gasteiger partial charge in [0.1, 0.15) is 5.75 Å². The average molecular weight is 306 g/mol. The molecular formula is C14H14N2O4S. The third kappa shape index (κ3) is 4.59. The Morgan fingerprint density at radius 3 is 2.48 bits per heavy atom. The molecule has 110 valence electrons. The Balaban J connectivity index is 1.96. The first-order chi connectivity index (χ1) is 9.95. The monoisotopic (exact) mass is 306 g/mol. The molecule has 3 N–H and O–H groups in total. The van der Waals surface area contributed by atoms with Crippen molar-refractivity contribution in [3.05, 3.63) is 60.2 Å². The molecule has 0 spiro atoms. The number of hydrogen-bond donors (Lipinski definition) is 2. The van der Waals surface area contributed by atoms with Crippen molar-refractivity contribution in [2.75, 3.05) is 0 Å². The zero-order chi connectivity index (χ0) is 15.3. The molecule has 0 aliphatic heterocycles. The summed E-state index contributed by atoms with van der Waals surface area (Å²) in [6.07, 6.45) is -0.623. The van der Waals surface area contributed by atoms with E-state index in [0.29, 0.717) is 11.3 Å². The number of rotatable bonds is 4. The molecule has 1 amide bonds. The highest BCUT2D eigenvalue weighted by atomic mass is 32.2. The Hall–Kier alpha value is -2.38. The summed E-state index contributed by atoms with van der Waals surface area (Å²) in [5.74, 6) is 0.424. The van der Waals surface area contributed by atoms with Gasteiger partial charge >= 0.3 is 6.09 Å². The van der Waals surface area contributed by atoms with Crippen LogP contribution < -0.4 is 15.2 Å². The molecule has 0 heterocycles. The Morgan fingerprint density at radius 1 is 1.10 bits per heavy atom. The van der Waals surface area contributed by atoms with E-state index in [1.807, 2.05) is 6.07 Å². The van der Waals surface area contributed by atoms with Crippen LogP contribution in [-0.4, -0.2) is 14.5 Å². The van der Waals surface area contributed by atoms with E-state index < -0.39 is 16.1 Å². The topological polar surface area (TPSA) is 98.5 Å².